The Morgan fingerprint density at radius 3 is 2.28 bits per heavy atom. The summed E-state index contributed by atoms with van der Waals surface area (Å²) in [5.41, 5.74) is 0.818. The van der Waals surface area contributed by atoms with Crippen LogP contribution in [0.4, 0.5) is 18.9 Å². The van der Waals surface area contributed by atoms with Gasteiger partial charge >= 0.3 is 12.0 Å². The topological polar surface area (TPSA) is 73.2 Å². The number of hydrogen-bond acceptors (Lipinski definition) is 6. The first-order valence-corrected chi connectivity index (χ1v) is 7.65. The Hall–Kier alpha value is -2.10. The Bertz CT molecular complexity index is 599. The summed E-state index contributed by atoms with van der Waals surface area (Å²) in [5.74, 6) is -2.48. The molecule has 0 aliphatic carbocycles. The molecule has 1 fully saturated rings. The number of aliphatic hydroxyl groups is 2. The number of hydrogen-bond donors (Lipinski definition) is 2. The van der Waals surface area contributed by atoms with E-state index in [9.17, 15) is 28.2 Å². The summed E-state index contributed by atoms with van der Waals surface area (Å²) in [6.45, 7) is -0.649. The van der Waals surface area contributed by atoms with Crippen molar-refractivity contribution in [2.75, 3.05) is 31.1 Å². The number of halogens is 3. The Balaban J connectivity index is 1.84. The number of benzene rings is 1. The van der Waals surface area contributed by atoms with E-state index in [0.717, 1.165) is 10.6 Å². The van der Waals surface area contributed by atoms with Crippen LogP contribution in [0.2, 0.25) is 0 Å². The molecule has 138 valence electrons. The van der Waals surface area contributed by atoms with E-state index in [-0.39, 0.29) is 13.1 Å². The predicted molar refractivity (Wildman–Crippen MR) is 83.3 cm³/mol. The molecule has 0 saturated carbocycles. The maximum absolute atomic E-state index is 12.6. The molecule has 6 nitrogen and oxygen atoms in total. The van der Waals surface area contributed by atoms with Crippen LogP contribution in [0.15, 0.2) is 42.2 Å². The number of carbonyl (C=O) groups excluding carboxylic acids is 1. The fraction of sp³-hybridized carbons (Fsp3) is 0.438. The van der Waals surface area contributed by atoms with Gasteiger partial charge in [-0.25, -0.2) is 9.29 Å². The molecular weight excluding hydrogens is 341 g/mol. The standard InChI is InChI=1S/C16H19F3N2O4/c17-12(16(18)19)6-7-25-15(24)10-21-13(22)8-20(9-14(21)23)11-4-2-1-3-5-11/h1-5,13-14,22-23H,6-10H2. The van der Waals surface area contributed by atoms with Crippen LogP contribution >= 0.6 is 0 Å². The van der Waals surface area contributed by atoms with Gasteiger partial charge in [-0.1, -0.05) is 18.2 Å². The van der Waals surface area contributed by atoms with Crippen molar-refractivity contribution < 1.29 is 32.9 Å². The average molecular weight is 360 g/mol. The van der Waals surface area contributed by atoms with Crippen LogP contribution in [0, 0.1) is 0 Å². The Morgan fingerprint density at radius 2 is 1.72 bits per heavy atom. The minimum absolute atomic E-state index is 0.165. The van der Waals surface area contributed by atoms with Gasteiger partial charge in [0.1, 0.15) is 19.0 Å². The van der Waals surface area contributed by atoms with Gasteiger partial charge in [-0.3, -0.25) is 4.79 Å². The molecule has 1 heterocycles. The van der Waals surface area contributed by atoms with E-state index in [2.05, 4.69) is 4.74 Å². The van der Waals surface area contributed by atoms with Crippen molar-refractivity contribution in [2.45, 2.75) is 18.9 Å². The number of anilines is 1. The molecule has 0 bridgehead atoms. The van der Waals surface area contributed by atoms with Crippen molar-refractivity contribution in [1.29, 1.82) is 0 Å². The number of rotatable bonds is 6. The first-order chi connectivity index (χ1) is 11.9. The fourth-order valence-electron chi connectivity index (χ4n) is 2.48. The van der Waals surface area contributed by atoms with Gasteiger partial charge < -0.3 is 19.8 Å². The summed E-state index contributed by atoms with van der Waals surface area (Å²) in [6.07, 6.45) is -5.42. The first-order valence-electron chi connectivity index (χ1n) is 7.65. The highest BCUT2D eigenvalue weighted by Crippen LogP contribution is 2.20. The fourth-order valence-corrected chi connectivity index (χ4v) is 2.48. The van der Waals surface area contributed by atoms with E-state index >= 15 is 0 Å². The number of β-amino-alcohol motifs (C(OH)–C–C–N with tert-alkyl or cyclic N) is 2. The lowest BCUT2D eigenvalue weighted by atomic mass is 10.2. The van der Waals surface area contributed by atoms with E-state index in [0.29, 0.717) is 0 Å². The van der Waals surface area contributed by atoms with Gasteiger partial charge in [0.05, 0.1) is 19.7 Å². The normalized spacial score (nSPS) is 21.1. The third kappa shape index (κ3) is 5.45. The third-order valence-electron chi connectivity index (χ3n) is 3.76. The zero-order chi connectivity index (χ0) is 18.4. The SMILES string of the molecule is O=C(CN1C(O)CN(c2ccccc2)CC1O)OCCC(F)=C(F)F. The van der Waals surface area contributed by atoms with Crippen LogP contribution in [0.3, 0.4) is 0 Å². The van der Waals surface area contributed by atoms with Crippen LogP contribution in [0.1, 0.15) is 6.42 Å². The van der Waals surface area contributed by atoms with Crippen molar-refractivity contribution in [3.63, 3.8) is 0 Å². The molecule has 1 saturated heterocycles. The maximum Gasteiger partial charge on any atom is 0.320 e. The minimum Gasteiger partial charge on any atom is -0.464 e. The Morgan fingerprint density at radius 1 is 1.12 bits per heavy atom. The van der Waals surface area contributed by atoms with Crippen LogP contribution in [0.5, 0.6) is 0 Å². The Labute approximate surface area is 142 Å². The molecule has 0 amide bonds. The lowest BCUT2D eigenvalue weighted by molar-refractivity contribution is -0.159. The number of nitrogens with zero attached hydrogens (tertiary/aromatic N) is 2. The quantitative estimate of drug-likeness (QED) is 0.749. The molecule has 2 N–H and O–H groups in total. The molecule has 0 spiro atoms. The highest BCUT2D eigenvalue weighted by molar-refractivity contribution is 5.71. The van der Waals surface area contributed by atoms with Gasteiger partial charge in [-0.15, -0.1) is 0 Å². The van der Waals surface area contributed by atoms with Crippen molar-refractivity contribution >= 4 is 11.7 Å². The molecule has 9 heteroatoms. The second kappa shape index (κ2) is 8.84. The molecule has 0 radical (unpaired) electrons. The van der Waals surface area contributed by atoms with Crippen LogP contribution in [-0.4, -0.2) is 59.8 Å². The van der Waals surface area contributed by atoms with Crippen LogP contribution in [-0.2, 0) is 9.53 Å². The molecule has 25 heavy (non-hydrogen) atoms. The molecule has 2 atom stereocenters. The molecule has 0 aromatic heterocycles. The van der Waals surface area contributed by atoms with E-state index < -0.39 is 49.9 Å². The summed E-state index contributed by atoms with van der Waals surface area (Å²) < 4.78 is 41.0. The summed E-state index contributed by atoms with van der Waals surface area (Å²) in [7, 11) is 0. The summed E-state index contributed by atoms with van der Waals surface area (Å²) in [6, 6.07) is 9.15. The highest BCUT2D eigenvalue weighted by Gasteiger charge is 2.34. The van der Waals surface area contributed by atoms with Crippen molar-refractivity contribution in [3.05, 3.63) is 42.2 Å². The molecule has 1 aromatic carbocycles. The number of para-hydroxylation sites is 1. The summed E-state index contributed by atoms with van der Waals surface area (Å²) in [5, 5.41) is 20.3. The lowest BCUT2D eigenvalue weighted by Gasteiger charge is -2.42. The maximum atomic E-state index is 12.6. The second-order valence-electron chi connectivity index (χ2n) is 5.51. The van der Waals surface area contributed by atoms with Gasteiger partial charge in [0.25, 0.3) is 0 Å². The zero-order valence-electron chi connectivity index (χ0n) is 13.3. The van der Waals surface area contributed by atoms with Gasteiger partial charge in [0.2, 0.25) is 0 Å². The average Bonchev–Trinajstić information content (AvgIpc) is 2.58. The van der Waals surface area contributed by atoms with E-state index in [1.165, 1.54) is 0 Å². The molecule has 1 aliphatic heterocycles. The molecule has 2 rings (SSSR count). The van der Waals surface area contributed by atoms with E-state index in [4.69, 9.17) is 0 Å². The largest absolute Gasteiger partial charge is 0.464 e. The molecule has 2 unspecified atom stereocenters. The predicted octanol–water partition coefficient (Wildman–Crippen LogP) is 1.46. The number of piperazine rings is 1. The zero-order valence-corrected chi connectivity index (χ0v) is 13.3. The third-order valence-corrected chi connectivity index (χ3v) is 3.76. The summed E-state index contributed by atoms with van der Waals surface area (Å²) in [4.78, 5) is 14.6. The van der Waals surface area contributed by atoms with Gasteiger partial charge in [-0.2, -0.15) is 8.78 Å². The lowest BCUT2D eigenvalue weighted by Crippen LogP contribution is -2.60. The van der Waals surface area contributed by atoms with E-state index in [1.54, 1.807) is 4.90 Å². The van der Waals surface area contributed by atoms with Gasteiger partial charge in [0, 0.05) is 12.1 Å². The monoisotopic (exact) mass is 360 g/mol. The van der Waals surface area contributed by atoms with Gasteiger partial charge in [0.15, 0.2) is 5.83 Å². The van der Waals surface area contributed by atoms with Crippen LogP contribution < -0.4 is 4.90 Å². The van der Waals surface area contributed by atoms with Crippen LogP contribution in [0.25, 0.3) is 0 Å². The van der Waals surface area contributed by atoms with Gasteiger partial charge in [-0.05, 0) is 12.1 Å². The Kier molecular flexibility index (Phi) is 6.80. The van der Waals surface area contributed by atoms with Crippen molar-refractivity contribution in [1.82, 2.24) is 4.90 Å². The van der Waals surface area contributed by atoms with Crippen molar-refractivity contribution in [3.8, 4) is 0 Å². The van der Waals surface area contributed by atoms with Crippen molar-refractivity contribution in [2.24, 2.45) is 0 Å². The number of aliphatic hydroxyl groups excluding tert-OH is 2. The smallest absolute Gasteiger partial charge is 0.320 e. The molecular formula is C16H19F3N2O4. The van der Waals surface area contributed by atoms with E-state index in [1.807, 2.05) is 30.3 Å². The molecule has 1 aromatic rings. The molecule has 1 aliphatic rings. The second-order valence-corrected chi connectivity index (χ2v) is 5.51. The minimum atomic E-state index is -2.45. The summed E-state index contributed by atoms with van der Waals surface area (Å²) >= 11 is 0. The number of esters is 1. The highest BCUT2D eigenvalue weighted by atomic mass is 19.3. The number of carbonyl (C=O) groups is 1. The number of ether oxygens (including phenoxy) is 1. The first kappa shape index (κ1) is 19.2.